The number of carbonyl (C=O) groups excluding carboxylic acids is 1. The van der Waals surface area contributed by atoms with Crippen LogP contribution in [0.25, 0.3) is 0 Å². The Bertz CT molecular complexity index is 174. The number of ether oxygens (including phenoxy) is 1. The average molecular weight is 266 g/mol. The summed E-state index contributed by atoms with van der Waals surface area (Å²) in [6, 6.07) is 0.430. The summed E-state index contributed by atoms with van der Waals surface area (Å²) in [5.74, 6) is 0.443. The van der Waals surface area contributed by atoms with Crippen LogP contribution in [0.4, 0.5) is 0 Å². The first-order valence-electron chi connectivity index (χ1n) is 4.92. The van der Waals surface area contributed by atoms with Gasteiger partial charge in [0.2, 0.25) is 0 Å². The maximum Gasteiger partial charge on any atom is 0.320 e. The molecule has 0 aromatic carbocycles. The smallest absolute Gasteiger partial charge is 0.320 e. The minimum Gasteiger partial charge on any atom is -0.468 e. The lowest BCUT2D eigenvalue weighted by molar-refractivity contribution is -0.139. The highest BCUT2D eigenvalue weighted by Gasteiger charge is 2.15. The molecule has 84 valence electrons. The van der Waals surface area contributed by atoms with Crippen molar-refractivity contribution in [1.29, 1.82) is 0 Å². The van der Waals surface area contributed by atoms with E-state index in [0.29, 0.717) is 18.5 Å². The van der Waals surface area contributed by atoms with E-state index in [1.54, 1.807) is 0 Å². The molecule has 0 saturated carbocycles. The van der Waals surface area contributed by atoms with Crippen LogP contribution < -0.4 is 5.32 Å². The van der Waals surface area contributed by atoms with Gasteiger partial charge in [-0.25, -0.2) is 0 Å². The number of esters is 1. The number of carbonyl (C=O) groups is 1. The molecule has 3 nitrogen and oxygen atoms in total. The zero-order valence-corrected chi connectivity index (χ0v) is 10.9. The number of alkyl halides is 1. The Kier molecular flexibility index (Phi) is 7.19. The highest BCUT2D eigenvalue weighted by Crippen LogP contribution is 2.05. The number of methoxy groups -OCH3 is 1. The van der Waals surface area contributed by atoms with E-state index >= 15 is 0 Å². The molecule has 0 spiro atoms. The fourth-order valence-electron chi connectivity index (χ4n) is 1.31. The minimum atomic E-state index is -0.248. The van der Waals surface area contributed by atoms with Crippen molar-refractivity contribution in [3.8, 4) is 0 Å². The first kappa shape index (κ1) is 13.9. The van der Waals surface area contributed by atoms with Crippen molar-refractivity contribution in [2.24, 2.45) is 5.92 Å². The summed E-state index contributed by atoms with van der Waals surface area (Å²) in [5.41, 5.74) is 0. The van der Waals surface area contributed by atoms with Crippen LogP contribution >= 0.6 is 15.9 Å². The number of rotatable bonds is 6. The first-order valence-corrected chi connectivity index (χ1v) is 5.84. The Morgan fingerprint density at radius 1 is 1.43 bits per heavy atom. The van der Waals surface area contributed by atoms with Crippen LogP contribution in [0.3, 0.4) is 0 Å². The minimum absolute atomic E-state index is 0.228. The topological polar surface area (TPSA) is 38.3 Å². The zero-order chi connectivity index (χ0) is 11.1. The van der Waals surface area contributed by atoms with Crippen LogP contribution in [0.5, 0.6) is 0 Å². The molecule has 0 rings (SSSR count). The molecular formula is C10H20BrNO2. The van der Waals surface area contributed by atoms with Gasteiger partial charge in [-0.15, -0.1) is 0 Å². The summed E-state index contributed by atoms with van der Waals surface area (Å²) >= 11 is 3.26. The first-order chi connectivity index (χ1) is 6.47. The maximum absolute atomic E-state index is 11.0. The molecule has 0 heterocycles. The molecule has 0 fully saturated rings. The second-order valence-electron chi connectivity index (χ2n) is 3.93. The van der Waals surface area contributed by atoms with Gasteiger partial charge in [-0.3, -0.25) is 4.79 Å². The second kappa shape index (κ2) is 7.23. The quantitative estimate of drug-likeness (QED) is 0.590. The zero-order valence-electron chi connectivity index (χ0n) is 9.34. The largest absolute Gasteiger partial charge is 0.468 e. The molecular weight excluding hydrogens is 246 g/mol. The normalized spacial score (nSPS) is 15.3. The lowest BCUT2D eigenvalue weighted by Gasteiger charge is -2.17. The standard InChI is InChI=1S/C10H20BrNO2/c1-7(2)5-8(3)12-6-9(11)10(13)14-4/h7-9,12H,5-6H2,1-4H3. The number of hydrogen-bond donors (Lipinski definition) is 1. The Balaban J connectivity index is 3.65. The van der Waals surface area contributed by atoms with Crippen LogP contribution in [-0.2, 0) is 9.53 Å². The van der Waals surface area contributed by atoms with Gasteiger partial charge in [-0.05, 0) is 19.3 Å². The van der Waals surface area contributed by atoms with Crippen molar-refractivity contribution in [2.75, 3.05) is 13.7 Å². The lowest BCUT2D eigenvalue weighted by atomic mass is 10.1. The highest BCUT2D eigenvalue weighted by atomic mass is 79.9. The molecule has 0 aliphatic carbocycles. The van der Waals surface area contributed by atoms with Gasteiger partial charge in [0.15, 0.2) is 0 Å². The van der Waals surface area contributed by atoms with Gasteiger partial charge in [0.25, 0.3) is 0 Å². The van der Waals surface area contributed by atoms with Gasteiger partial charge < -0.3 is 10.1 Å². The summed E-state index contributed by atoms with van der Waals surface area (Å²) in [7, 11) is 1.40. The van der Waals surface area contributed by atoms with E-state index in [4.69, 9.17) is 0 Å². The van der Waals surface area contributed by atoms with E-state index < -0.39 is 0 Å². The molecule has 1 N–H and O–H groups in total. The summed E-state index contributed by atoms with van der Waals surface area (Å²) < 4.78 is 4.60. The van der Waals surface area contributed by atoms with Crippen molar-refractivity contribution in [3.05, 3.63) is 0 Å². The molecule has 0 aliphatic rings. The van der Waals surface area contributed by atoms with Crippen LogP contribution in [0.15, 0.2) is 0 Å². The van der Waals surface area contributed by atoms with E-state index in [1.807, 2.05) is 0 Å². The van der Waals surface area contributed by atoms with Gasteiger partial charge in [0.05, 0.1) is 7.11 Å². The van der Waals surface area contributed by atoms with Crippen LogP contribution in [0.1, 0.15) is 27.2 Å². The Morgan fingerprint density at radius 3 is 2.43 bits per heavy atom. The maximum atomic E-state index is 11.0. The second-order valence-corrected chi connectivity index (χ2v) is 5.03. The third kappa shape index (κ3) is 6.38. The summed E-state index contributed by atoms with van der Waals surface area (Å²) in [6.07, 6.45) is 1.11. The third-order valence-corrected chi connectivity index (χ3v) is 2.62. The van der Waals surface area contributed by atoms with Gasteiger partial charge in [-0.2, -0.15) is 0 Å². The van der Waals surface area contributed by atoms with Crippen LogP contribution in [-0.4, -0.2) is 30.5 Å². The van der Waals surface area contributed by atoms with Crippen molar-refractivity contribution in [3.63, 3.8) is 0 Å². The number of nitrogens with one attached hydrogen (secondary N) is 1. The molecule has 0 aromatic heterocycles. The third-order valence-electron chi connectivity index (χ3n) is 1.93. The molecule has 0 radical (unpaired) electrons. The Labute approximate surface area is 94.7 Å². The molecule has 2 unspecified atom stereocenters. The van der Waals surface area contributed by atoms with E-state index in [2.05, 4.69) is 46.8 Å². The molecule has 2 atom stereocenters. The SMILES string of the molecule is COC(=O)C(Br)CNC(C)CC(C)C. The van der Waals surface area contributed by atoms with Gasteiger partial charge in [-0.1, -0.05) is 29.8 Å². The highest BCUT2D eigenvalue weighted by molar-refractivity contribution is 9.10. The predicted octanol–water partition coefficient (Wildman–Crippen LogP) is 1.95. The monoisotopic (exact) mass is 265 g/mol. The Morgan fingerprint density at radius 2 is 2.00 bits per heavy atom. The fourth-order valence-corrected chi connectivity index (χ4v) is 1.68. The molecule has 0 saturated heterocycles. The fraction of sp³-hybridized carbons (Fsp3) is 0.900. The molecule has 4 heteroatoms. The van der Waals surface area contributed by atoms with Crippen molar-refractivity contribution >= 4 is 21.9 Å². The van der Waals surface area contributed by atoms with E-state index in [0.717, 1.165) is 6.42 Å². The van der Waals surface area contributed by atoms with Crippen molar-refractivity contribution < 1.29 is 9.53 Å². The molecule has 0 aromatic rings. The van der Waals surface area contributed by atoms with Gasteiger partial charge >= 0.3 is 5.97 Å². The van der Waals surface area contributed by atoms with E-state index in [9.17, 15) is 4.79 Å². The molecule has 0 aliphatic heterocycles. The van der Waals surface area contributed by atoms with E-state index in [1.165, 1.54) is 7.11 Å². The van der Waals surface area contributed by atoms with Crippen LogP contribution in [0, 0.1) is 5.92 Å². The molecule has 0 bridgehead atoms. The summed E-state index contributed by atoms with van der Waals surface area (Å²) in [5, 5.41) is 3.28. The molecule has 0 amide bonds. The summed E-state index contributed by atoms with van der Waals surface area (Å²) in [4.78, 5) is 10.8. The van der Waals surface area contributed by atoms with Crippen molar-refractivity contribution in [2.45, 2.75) is 38.1 Å². The molecule has 14 heavy (non-hydrogen) atoms. The number of halogens is 1. The van der Waals surface area contributed by atoms with E-state index in [-0.39, 0.29) is 10.8 Å². The van der Waals surface area contributed by atoms with Gasteiger partial charge in [0, 0.05) is 12.6 Å². The van der Waals surface area contributed by atoms with Gasteiger partial charge in [0.1, 0.15) is 4.83 Å². The average Bonchev–Trinajstić information content (AvgIpc) is 2.11. The van der Waals surface area contributed by atoms with Crippen molar-refractivity contribution in [1.82, 2.24) is 5.32 Å². The summed E-state index contributed by atoms with van der Waals surface area (Å²) in [6.45, 7) is 7.10. The van der Waals surface area contributed by atoms with Crippen LogP contribution in [0.2, 0.25) is 0 Å². The Hall–Kier alpha value is -0.0900. The lowest BCUT2D eigenvalue weighted by Crippen LogP contribution is -2.35. The number of hydrogen-bond acceptors (Lipinski definition) is 3. The predicted molar refractivity (Wildman–Crippen MR) is 61.7 cm³/mol.